The van der Waals surface area contributed by atoms with Crippen LogP contribution >= 0.6 is 34.8 Å². The van der Waals surface area contributed by atoms with Crippen LogP contribution in [0.15, 0.2) is 12.1 Å². The van der Waals surface area contributed by atoms with Gasteiger partial charge in [-0.05, 0) is 42.5 Å². The summed E-state index contributed by atoms with van der Waals surface area (Å²) in [5, 5.41) is 1.04. The van der Waals surface area contributed by atoms with E-state index in [1.54, 1.807) is 6.07 Å². The van der Waals surface area contributed by atoms with E-state index in [9.17, 15) is 0 Å². The highest BCUT2D eigenvalue weighted by Crippen LogP contribution is 2.28. The molecule has 5 heteroatoms. The van der Waals surface area contributed by atoms with E-state index >= 15 is 0 Å². The van der Waals surface area contributed by atoms with Crippen LogP contribution < -0.4 is 0 Å². The van der Waals surface area contributed by atoms with Crippen molar-refractivity contribution in [2.45, 2.75) is 38.0 Å². The summed E-state index contributed by atoms with van der Waals surface area (Å²) in [6.45, 7) is 1.22. The van der Waals surface area contributed by atoms with E-state index in [0.29, 0.717) is 22.5 Å². The standard InChI is InChI=1S/C13H15Cl3O2/c14-7-9-5-11(15)12(16)6-10(9)8-18-13-3-1-2-4-17-13/h5-6,13H,1-4,7-8H2. The second-order valence-corrected chi connectivity index (χ2v) is 5.36. The average molecular weight is 310 g/mol. The monoisotopic (exact) mass is 308 g/mol. The first kappa shape index (κ1) is 14.4. The molecular weight excluding hydrogens is 294 g/mol. The molecule has 0 aromatic heterocycles. The van der Waals surface area contributed by atoms with Crippen molar-refractivity contribution < 1.29 is 9.47 Å². The molecule has 0 bridgehead atoms. The Kier molecular flexibility index (Phi) is 5.58. The molecule has 1 aromatic rings. The molecule has 18 heavy (non-hydrogen) atoms. The number of alkyl halides is 1. The molecule has 1 aromatic carbocycles. The van der Waals surface area contributed by atoms with Crippen LogP contribution in [0.3, 0.4) is 0 Å². The molecule has 2 rings (SSSR count). The van der Waals surface area contributed by atoms with Crippen molar-refractivity contribution in [2.24, 2.45) is 0 Å². The summed E-state index contributed by atoms with van der Waals surface area (Å²) >= 11 is 17.8. The summed E-state index contributed by atoms with van der Waals surface area (Å²) in [7, 11) is 0. The maximum atomic E-state index is 6.00. The van der Waals surface area contributed by atoms with Crippen molar-refractivity contribution in [3.8, 4) is 0 Å². The quantitative estimate of drug-likeness (QED) is 0.746. The zero-order valence-corrected chi connectivity index (χ0v) is 12.2. The van der Waals surface area contributed by atoms with Crippen molar-refractivity contribution in [3.63, 3.8) is 0 Å². The highest BCUT2D eigenvalue weighted by molar-refractivity contribution is 6.42. The predicted molar refractivity (Wildman–Crippen MR) is 74.4 cm³/mol. The number of benzene rings is 1. The molecule has 0 radical (unpaired) electrons. The van der Waals surface area contributed by atoms with Gasteiger partial charge in [0.1, 0.15) is 0 Å². The normalized spacial score (nSPS) is 20.1. The minimum Gasteiger partial charge on any atom is -0.353 e. The van der Waals surface area contributed by atoms with E-state index in [0.717, 1.165) is 37.0 Å². The van der Waals surface area contributed by atoms with E-state index in [-0.39, 0.29) is 6.29 Å². The molecular formula is C13H15Cl3O2. The van der Waals surface area contributed by atoms with Crippen LogP contribution in [0.5, 0.6) is 0 Å². The summed E-state index contributed by atoms with van der Waals surface area (Å²) in [6.07, 6.45) is 3.09. The van der Waals surface area contributed by atoms with Gasteiger partial charge in [0.15, 0.2) is 6.29 Å². The van der Waals surface area contributed by atoms with Crippen molar-refractivity contribution >= 4 is 34.8 Å². The van der Waals surface area contributed by atoms with Gasteiger partial charge >= 0.3 is 0 Å². The first-order valence-electron chi connectivity index (χ1n) is 5.96. The fourth-order valence-corrected chi connectivity index (χ4v) is 2.53. The maximum absolute atomic E-state index is 6.00. The molecule has 1 atom stereocenters. The zero-order valence-electron chi connectivity index (χ0n) is 9.93. The lowest BCUT2D eigenvalue weighted by Gasteiger charge is -2.23. The Morgan fingerprint density at radius 2 is 1.89 bits per heavy atom. The Bertz CT molecular complexity index is 403. The molecule has 1 aliphatic rings. The fraction of sp³-hybridized carbons (Fsp3) is 0.538. The Morgan fingerprint density at radius 1 is 1.17 bits per heavy atom. The lowest BCUT2D eigenvalue weighted by molar-refractivity contribution is -0.169. The zero-order chi connectivity index (χ0) is 13.0. The summed E-state index contributed by atoms with van der Waals surface area (Å²) in [6, 6.07) is 3.60. The van der Waals surface area contributed by atoms with Crippen molar-refractivity contribution in [1.82, 2.24) is 0 Å². The molecule has 2 nitrogen and oxygen atoms in total. The number of halogens is 3. The molecule has 0 N–H and O–H groups in total. The summed E-state index contributed by atoms with van der Waals surface area (Å²) in [5.41, 5.74) is 1.91. The van der Waals surface area contributed by atoms with Crippen LogP contribution in [0, 0.1) is 0 Å². The first-order valence-corrected chi connectivity index (χ1v) is 7.25. The molecule has 1 unspecified atom stereocenters. The van der Waals surface area contributed by atoms with Crippen molar-refractivity contribution in [1.29, 1.82) is 0 Å². The number of hydrogen-bond acceptors (Lipinski definition) is 2. The highest BCUT2D eigenvalue weighted by atomic mass is 35.5. The SMILES string of the molecule is ClCc1cc(Cl)c(Cl)cc1COC1CCCCO1. The van der Waals surface area contributed by atoms with Crippen LogP contribution in [0.1, 0.15) is 30.4 Å². The van der Waals surface area contributed by atoms with Gasteiger partial charge in [-0.15, -0.1) is 11.6 Å². The Morgan fingerprint density at radius 3 is 2.50 bits per heavy atom. The molecule has 1 fully saturated rings. The van der Waals surface area contributed by atoms with E-state index < -0.39 is 0 Å². The molecule has 0 aliphatic carbocycles. The summed E-state index contributed by atoms with van der Waals surface area (Å²) in [4.78, 5) is 0. The van der Waals surface area contributed by atoms with Gasteiger partial charge in [0, 0.05) is 12.5 Å². The van der Waals surface area contributed by atoms with Gasteiger partial charge in [0.05, 0.1) is 16.7 Å². The van der Waals surface area contributed by atoms with E-state index in [1.165, 1.54) is 0 Å². The van der Waals surface area contributed by atoms with Crippen LogP contribution in [0.4, 0.5) is 0 Å². The predicted octanol–water partition coefficient (Wildman–Crippen LogP) is 4.78. The van der Waals surface area contributed by atoms with E-state index in [4.69, 9.17) is 44.3 Å². The third-order valence-corrected chi connectivity index (χ3v) is 3.96. The van der Waals surface area contributed by atoms with E-state index in [2.05, 4.69) is 0 Å². The minimum atomic E-state index is -0.114. The second-order valence-electron chi connectivity index (χ2n) is 4.28. The molecule has 1 heterocycles. The average Bonchev–Trinajstić information content (AvgIpc) is 2.41. The largest absolute Gasteiger partial charge is 0.353 e. The fourth-order valence-electron chi connectivity index (χ4n) is 1.91. The van der Waals surface area contributed by atoms with Crippen LogP contribution in [0.2, 0.25) is 10.0 Å². The first-order chi connectivity index (χ1) is 8.70. The Hall–Kier alpha value is 0.01000. The van der Waals surface area contributed by atoms with Crippen molar-refractivity contribution in [2.75, 3.05) is 6.61 Å². The summed E-state index contributed by atoms with van der Waals surface area (Å²) < 4.78 is 11.2. The molecule has 1 aliphatic heterocycles. The minimum absolute atomic E-state index is 0.114. The van der Waals surface area contributed by atoms with Crippen LogP contribution in [-0.2, 0) is 22.0 Å². The van der Waals surface area contributed by atoms with Gasteiger partial charge < -0.3 is 9.47 Å². The van der Waals surface area contributed by atoms with Gasteiger partial charge in [-0.2, -0.15) is 0 Å². The van der Waals surface area contributed by atoms with E-state index in [1.807, 2.05) is 6.07 Å². The van der Waals surface area contributed by atoms with Gasteiger partial charge in [-0.3, -0.25) is 0 Å². The third-order valence-electron chi connectivity index (χ3n) is 2.95. The molecule has 100 valence electrons. The maximum Gasteiger partial charge on any atom is 0.158 e. The Labute approximate surface area is 122 Å². The highest BCUT2D eigenvalue weighted by Gasteiger charge is 2.15. The number of hydrogen-bond donors (Lipinski definition) is 0. The smallest absolute Gasteiger partial charge is 0.158 e. The van der Waals surface area contributed by atoms with Crippen LogP contribution in [-0.4, -0.2) is 12.9 Å². The van der Waals surface area contributed by atoms with Gasteiger partial charge in [0.2, 0.25) is 0 Å². The lowest BCUT2D eigenvalue weighted by atomic mass is 10.1. The molecule has 1 saturated heterocycles. The summed E-state index contributed by atoms with van der Waals surface area (Å²) in [5.74, 6) is 0.390. The van der Waals surface area contributed by atoms with Gasteiger partial charge in [0.25, 0.3) is 0 Å². The second kappa shape index (κ2) is 6.97. The van der Waals surface area contributed by atoms with Gasteiger partial charge in [-0.1, -0.05) is 23.2 Å². The van der Waals surface area contributed by atoms with Crippen molar-refractivity contribution in [3.05, 3.63) is 33.3 Å². The third kappa shape index (κ3) is 3.75. The molecule has 0 spiro atoms. The number of ether oxygens (including phenoxy) is 2. The topological polar surface area (TPSA) is 18.5 Å². The Balaban J connectivity index is 2.01. The number of rotatable bonds is 4. The van der Waals surface area contributed by atoms with Crippen LogP contribution in [0.25, 0.3) is 0 Å². The van der Waals surface area contributed by atoms with Gasteiger partial charge in [-0.25, -0.2) is 0 Å². The lowest BCUT2D eigenvalue weighted by Crippen LogP contribution is -2.22. The molecule has 0 saturated carbocycles. The molecule has 0 amide bonds.